The van der Waals surface area contributed by atoms with Gasteiger partial charge in [0.15, 0.2) is 9.84 Å². The van der Waals surface area contributed by atoms with Gasteiger partial charge >= 0.3 is 0 Å². The predicted molar refractivity (Wildman–Crippen MR) is 85.9 cm³/mol. The molecular weight excluding hydrogens is 342 g/mol. The third kappa shape index (κ3) is 6.24. The Balaban J connectivity index is 2.57. The van der Waals surface area contributed by atoms with Gasteiger partial charge in [0, 0.05) is 6.04 Å². The van der Waals surface area contributed by atoms with E-state index in [4.69, 9.17) is 10.5 Å². The summed E-state index contributed by atoms with van der Waals surface area (Å²) in [5, 5.41) is 0. The topological polar surface area (TPSA) is 69.4 Å². The highest BCUT2D eigenvalue weighted by Gasteiger charge is 2.10. The van der Waals surface area contributed by atoms with Crippen LogP contribution in [0.25, 0.3) is 0 Å². The van der Waals surface area contributed by atoms with Crippen LogP contribution in [0.5, 0.6) is 5.75 Å². The summed E-state index contributed by atoms with van der Waals surface area (Å²) in [5.41, 5.74) is 6.88. The lowest BCUT2D eigenvalue weighted by atomic mass is 10.1. The molecule has 1 rings (SSSR count). The molecule has 20 heavy (non-hydrogen) atoms. The molecule has 1 atom stereocenters. The molecule has 6 heteroatoms. The molecule has 0 spiro atoms. The van der Waals surface area contributed by atoms with Gasteiger partial charge in [0.2, 0.25) is 0 Å². The minimum atomic E-state index is -3.00. The summed E-state index contributed by atoms with van der Waals surface area (Å²) in [6, 6.07) is 5.85. The molecule has 1 aromatic rings. The van der Waals surface area contributed by atoms with Crippen LogP contribution in [0.2, 0.25) is 0 Å². The van der Waals surface area contributed by atoms with E-state index in [0.29, 0.717) is 12.2 Å². The van der Waals surface area contributed by atoms with Crippen LogP contribution in [0.3, 0.4) is 0 Å². The van der Waals surface area contributed by atoms with Gasteiger partial charge in [0.25, 0.3) is 0 Å². The first-order chi connectivity index (χ1) is 9.34. The molecule has 0 saturated heterocycles. The maximum Gasteiger partial charge on any atom is 0.153 e. The van der Waals surface area contributed by atoms with Crippen LogP contribution in [0.1, 0.15) is 25.8 Å². The first-order valence-electron chi connectivity index (χ1n) is 6.71. The first-order valence-corrected chi connectivity index (χ1v) is 9.32. The fourth-order valence-electron chi connectivity index (χ4n) is 1.85. The van der Waals surface area contributed by atoms with Gasteiger partial charge in [-0.2, -0.15) is 0 Å². The zero-order valence-electron chi connectivity index (χ0n) is 11.9. The smallest absolute Gasteiger partial charge is 0.153 e. The van der Waals surface area contributed by atoms with Crippen molar-refractivity contribution in [3.8, 4) is 5.75 Å². The highest BCUT2D eigenvalue weighted by Crippen LogP contribution is 2.26. The second-order valence-electron chi connectivity index (χ2n) is 4.95. The minimum absolute atomic E-state index is 0.0505. The number of nitrogens with two attached hydrogens (primary N) is 1. The number of sulfone groups is 1. The number of ether oxygens (including phenoxy) is 1. The molecule has 0 radical (unpaired) electrons. The zero-order valence-corrected chi connectivity index (χ0v) is 14.3. The van der Waals surface area contributed by atoms with Crippen LogP contribution in [-0.2, 0) is 16.3 Å². The second-order valence-corrected chi connectivity index (χ2v) is 8.10. The van der Waals surface area contributed by atoms with Crippen molar-refractivity contribution in [2.75, 3.05) is 18.1 Å². The molecule has 114 valence electrons. The van der Waals surface area contributed by atoms with Crippen molar-refractivity contribution in [3.05, 3.63) is 28.2 Å². The normalized spacial score (nSPS) is 13.2. The molecule has 0 saturated carbocycles. The van der Waals surface area contributed by atoms with Crippen molar-refractivity contribution in [2.24, 2.45) is 5.73 Å². The van der Waals surface area contributed by atoms with E-state index < -0.39 is 9.84 Å². The van der Waals surface area contributed by atoms with E-state index in [0.717, 1.165) is 16.5 Å². The summed E-state index contributed by atoms with van der Waals surface area (Å²) in [6.45, 7) is 3.98. The molecule has 0 aliphatic carbocycles. The molecule has 0 amide bonds. The summed E-state index contributed by atoms with van der Waals surface area (Å²) in [6.07, 6.45) is 1.43. The Labute approximate surface area is 129 Å². The molecular formula is C14H22BrNO3S. The average molecular weight is 364 g/mol. The van der Waals surface area contributed by atoms with Crippen LogP contribution >= 0.6 is 15.9 Å². The van der Waals surface area contributed by atoms with Gasteiger partial charge in [0.05, 0.1) is 16.0 Å². The maximum absolute atomic E-state index is 11.6. The van der Waals surface area contributed by atoms with Crippen LogP contribution < -0.4 is 10.5 Å². The van der Waals surface area contributed by atoms with E-state index in [1.165, 1.54) is 0 Å². The quantitative estimate of drug-likeness (QED) is 0.770. The Morgan fingerprint density at radius 2 is 2.05 bits per heavy atom. The second kappa shape index (κ2) is 8.00. The van der Waals surface area contributed by atoms with Gasteiger partial charge in [-0.05, 0) is 53.4 Å². The molecule has 1 unspecified atom stereocenters. The lowest BCUT2D eigenvalue weighted by molar-refractivity contribution is 0.338. The van der Waals surface area contributed by atoms with Crippen molar-refractivity contribution in [3.63, 3.8) is 0 Å². The molecule has 4 nitrogen and oxygen atoms in total. The Morgan fingerprint density at radius 3 is 2.60 bits per heavy atom. The summed E-state index contributed by atoms with van der Waals surface area (Å²) < 4.78 is 29.5. The SMILES string of the molecule is CCCS(=O)(=O)CCOc1ccc(CC(C)N)cc1Br. The van der Waals surface area contributed by atoms with Crippen LogP contribution in [0.15, 0.2) is 22.7 Å². The largest absolute Gasteiger partial charge is 0.491 e. The molecule has 0 aromatic heterocycles. The first kappa shape index (κ1) is 17.5. The molecule has 1 aromatic carbocycles. The number of hydrogen-bond donors (Lipinski definition) is 1. The number of rotatable bonds is 8. The Kier molecular flexibility index (Phi) is 6.99. The molecule has 0 aliphatic heterocycles. The van der Waals surface area contributed by atoms with Crippen LogP contribution in [0, 0.1) is 0 Å². The van der Waals surface area contributed by atoms with Gasteiger partial charge in [-0.25, -0.2) is 8.42 Å². The molecule has 0 bridgehead atoms. The summed E-state index contributed by atoms with van der Waals surface area (Å²) >= 11 is 3.43. The van der Waals surface area contributed by atoms with E-state index in [2.05, 4.69) is 15.9 Å². The van der Waals surface area contributed by atoms with E-state index in [1.54, 1.807) is 0 Å². The van der Waals surface area contributed by atoms with Crippen molar-refractivity contribution in [1.29, 1.82) is 0 Å². The number of halogens is 1. The Morgan fingerprint density at radius 1 is 1.35 bits per heavy atom. The molecule has 2 N–H and O–H groups in total. The van der Waals surface area contributed by atoms with Gasteiger partial charge in [-0.3, -0.25) is 0 Å². The fraction of sp³-hybridized carbons (Fsp3) is 0.571. The van der Waals surface area contributed by atoms with Crippen molar-refractivity contribution >= 4 is 25.8 Å². The summed E-state index contributed by atoms with van der Waals surface area (Å²) in [4.78, 5) is 0. The van der Waals surface area contributed by atoms with Crippen molar-refractivity contribution in [2.45, 2.75) is 32.7 Å². The number of hydrogen-bond acceptors (Lipinski definition) is 4. The van der Waals surface area contributed by atoms with Gasteiger partial charge in [-0.15, -0.1) is 0 Å². The van der Waals surface area contributed by atoms with E-state index >= 15 is 0 Å². The predicted octanol–water partition coefficient (Wildman–Crippen LogP) is 2.54. The highest BCUT2D eigenvalue weighted by molar-refractivity contribution is 9.10. The van der Waals surface area contributed by atoms with Gasteiger partial charge in [0.1, 0.15) is 12.4 Å². The van der Waals surface area contributed by atoms with E-state index in [9.17, 15) is 8.42 Å². The third-order valence-corrected chi connectivity index (χ3v) is 5.16. The zero-order chi connectivity index (χ0) is 15.2. The monoisotopic (exact) mass is 363 g/mol. The molecule has 0 fully saturated rings. The van der Waals surface area contributed by atoms with Crippen LogP contribution in [-0.4, -0.2) is 32.6 Å². The molecule has 0 aliphatic rings. The summed E-state index contributed by atoms with van der Waals surface area (Å²) in [7, 11) is -3.00. The average Bonchev–Trinajstić information content (AvgIpc) is 2.31. The lowest BCUT2D eigenvalue weighted by Crippen LogP contribution is -2.18. The van der Waals surface area contributed by atoms with Crippen molar-refractivity contribution < 1.29 is 13.2 Å². The van der Waals surface area contributed by atoms with Crippen molar-refractivity contribution in [1.82, 2.24) is 0 Å². The fourth-order valence-corrected chi connectivity index (χ4v) is 3.56. The van der Waals surface area contributed by atoms with Gasteiger partial charge in [-0.1, -0.05) is 13.0 Å². The molecule has 0 heterocycles. The van der Waals surface area contributed by atoms with Crippen LogP contribution in [0.4, 0.5) is 0 Å². The standard InChI is InChI=1S/C14H22BrNO3S/c1-3-7-20(17,18)8-6-19-14-5-4-12(9-11(2)16)10-13(14)15/h4-5,10-11H,3,6-9,16H2,1-2H3. The minimum Gasteiger partial charge on any atom is -0.491 e. The highest BCUT2D eigenvalue weighted by atomic mass is 79.9. The number of benzene rings is 1. The Bertz CT molecular complexity index is 529. The Hall–Kier alpha value is -0.590. The third-order valence-electron chi connectivity index (χ3n) is 2.72. The lowest BCUT2D eigenvalue weighted by Gasteiger charge is -2.11. The summed E-state index contributed by atoms with van der Waals surface area (Å²) in [5.74, 6) is 0.921. The van der Waals surface area contributed by atoms with E-state index in [1.807, 2.05) is 32.0 Å². The van der Waals surface area contributed by atoms with Gasteiger partial charge < -0.3 is 10.5 Å². The van der Waals surface area contributed by atoms with E-state index in [-0.39, 0.29) is 24.2 Å². The maximum atomic E-state index is 11.6.